The molecule has 4 aromatic rings. The van der Waals surface area contributed by atoms with Gasteiger partial charge in [0.05, 0.1) is 17.2 Å². The van der Waals surface area contributed by atoms with E-state index in [0.717, 1.165) is 22.3 Å². The van der Waals surface area contributed by atoms with Crippen molar-refractivity contribution < 1.29 is 24.5 Å². The Labute approximate surface area is 230 Å². The van der Waals surface area contributed by atoms with E-state index in [9.17, 15) is 9.90 Å². The van der Waals surface area contributed by atoms with E-state index in [1.807, 2.05) is 54.6 Å². The van der Waals surface area contributed by atoms with Gasteiger partial charge in [-0.1, -0.05) is 83.9 Å². The maximum Gasteiger partial charge on any atom is 0.323 e. The summed E-state index contributed by atoms with van der Waals surface area (Å²) < 4.78 is 12.0. The number of aliphatic hydroxyl groups is 1. The Kier molecular flexibility index (Phi) is 9.56. The number of benzene rings is 3. The quantitative estimate of drug-likeness (QED) is 0.190. The number of carboxylic acids is 1. The van der Waals surface area contributed by atoms with Crippen molar-refractivity contribution in [3.63, 3.8) is 0 Å². The second-order valence-electron chi connectivity index (χ2n) is 8.37. The van der Waals surface area contributed by atoms with Crippen molar-refractivity contribution in [1.82, 2.24) is 10.3 Å². The van der Waals surface area contributed by atoms with Crippen molar-refractivity contribution in [2.45, 2.75) is 24.8 Å². The number of carboxylic acid groups (broad SMARTS) is 1. The summed E-state index contributed by atoms with van der Waals surface area (Å²) in [5.41, 5.74) is 3.13. The average molecular weight is 553 g/mol. The fraction of sp³-hybridized carbons (Fsp3) is 0.172. The molecule has 1 unspecified atom stereocenters. The lowest BCUT2D eigenvalue weighted by Crippen LogP contribution is -2.39. The average Bonchev–Trinajstić information content (AvgIpc) is 2.93. The number of pyridine rings is 1. The standard InChI is InChI=1S/C29H26Cl2N2O5/c30-26-21(10-5-12-23(26)20-8-2-1-3-9-20)18-37-28-24(13-6-14-32-28)27(31)38-22-11-4-7-19(15-22)16-33-25(17-34)29(35)36/h1-15,25,27,33-34H,16-18H2,(H,35,36)/t25?,27-/m1/s1. The predicted octanol–water partition coefficient (Wildman–Crippen LogP) is 5.83. The van der Waals surface area contributed by atoms with Gasteiger partial charge in [0.25, 0.3) is 0 Å². The zero-order valence-corrected chi connectivity index (χ0v) is 21.8. The molecule has 0 aliphatic heterocycles. The number of aliphatic carboxylic acids is 1. The van der Waals surface area contributed by atoms with Gasteiger partial charge < -0.3 is 19.7 Å². The third-order valence-corrected chi connectivity index (χ3v) is 6.51. The summed E-state index contributed by atoms with van der Waals surface area (Å²) in [5, 5.41) is 21.7. The summed E-state index contributed by atoms with van der Waals surface area (Å²) >= 11 is 13.3. The van der Waals surface area contributed by atoms with Gasteiger partial charge in [0.15, 0.2) is 0 Å². The molecule has 1 aromatic heterocycles. The number of aromatic nitrogens is 1. The second kappa shape index (κ2) is 13.3. The largest absolute Gasteiger partial charge is 0.480 e. The Hall–Kier alpha value is -3.62. The fourth-order valence-corrected chi connectivity index (χ4v) is 4.32. The van der Waals surface area contributed by atoms with E-state index in [1.54, 1.807) is 36.5 Å². The Bertz CT molecular complexity index is 1370. The second-order valence-corrected chi connectivity index (χ2v) is 9.14. The molecule has 9 heteroatoms. The van der Waals surface area contributed by atoms with Crippen molar-refractivity contribution >= 4 is 29.2 Å². The van der Waals surface area contributed by atoms with Gasteiger partial charge in [-0.15, -0.1) is 0 Å². The van der Waals surface area contributed by atoms with Crippen molar-refractivity contribution in [3.05, 3.63) is 113 Å². The van der Waals surface area contributed by atoms with Crippen LogP contribution in [0.5, 0.6) is 11.6 Å². The SMILES string of the molecule is O=C(O)C(CO)NCc1cccc(O[C@@H](Cl)c2cccnc2OCc2cccc(-c3ccccc3)c2Cl)c1. The number of hydrogen-bond acceptors (Lipinski definition) is 6. The van der Waals surface area contributed by atoms with E-state index in [4.69, 9.17) is 37.8 Å². The Morgan fingerprint density at radius 2 is 1.79 bits per heavy atom. The van der Waals surface area contributed by atoms with Gasteiger partial charge in [-0.2, -0.15) is 0 Å². The molecule has 0 aliphatic carbocycles. The smallest absolute Gasteiger partial charge is 0.323 e. The van der Waals surface area contributed by atoms with E-state index in [1.165, 1.54) is 0 Å². The molecule has 0 radical (unpaired) electrons. The summed E-state index contributed by atoms with van der Waals surface area (Å²) in [6.45, 7) is -0.101. The normalized spacial score (nSPS) is 12.5. The Morgan fingerprint density at radius 3 is 2.55 bits per heavy atom. The minimum Gasteiger partial charge on any atom is -0.480 e. The monoisotopic (exact) mass is 552 g/mol. The molecule has 3 aromatic carbocycles. The van der Waals surface area contributed by atoms with Crippen LogP contribution < -0.4 is 14.8 Å². The van der Waals surface area contributed by atoms with Gasteiger partial charge >= 0.3 is 5.97 Å². The van der Waals surface area contributed by atoms with E-state index < -0.39 is 24.2 Å². The molecular formula is C29H26Cl2N2O5. The molecule has 0 saturated carbocycles. The van der Waals surface area contributed by atoms with Crippen LogP contribution in [0.3, 0.4) is 0 Å². The Balaban J connectivity index is 1.44. The van der Waals surface area contributed by atoms with Gasteiger partial charge in [0.1, 0.15) is 18.4 Å². The number of alkyl halides is 1. The number of rotatable bonds is 12. The maximum absolute atomic E-state index is 11.1. The molecule has 4 rings (SSSR count). The van der Waals surface area contributed by atoms with Gasteiger partial charge in [-0.05, 0) is 35.4 Å². The van der Waals surface area contributed by atoms with Gasteiger partial charge in [0.2, 0.25) is 11.4 Å². The van der Waals surface area contributed by atoms with E-state index in [2.05, 4.69) is 10.3 Å². The number of halogens is 2. The summed E-state index contributed by atoms with van der Waals surface area (Å²) in [7, 11) is 0. The van der Waals surface area contributed by atoms with E-state index in [0.29, 0.717) is 22.2 Å². The molecule has 0 bridgehead atoms. The first-order valence-electron chi connectivity index (χ1n) is 11.8. The highest BCUT2D eigenvalue weighted by Gasteiger charge is 2.19. The summed E-state index contributed by atoms with van der Waals surface area (Å²) in [6, 6.07) is 25.2. The van der Waals surface area contributed by atoms with Crippen LogP contribution in [-0.4, -0.2) is 33.8 Å². The number of aliphatic hydroxyl groups excluding tert-OH is 1. The van der Waals surface area contributed by atoms with Crippen molar-refractivity contribution in [3.8, 4) is 22.8 Å². The summed E-state index contributed by atoms with van der Waals surface area (Å²) in [6.07, 6.45) is 1.61. The lowest BCUT2D eigenvalue weighted by atomic mass is 10.0. The van der Waals surface area contributed by atoms with Crippen molar-refractivity contribution in [1.29, 1.82) is 0 Å². The van der Waals surface area contributed by atoms with E-state index in [-0.39, 0.29) is 13.2 Å². The zero-order valence-electron chi connectivity index (χ0n) is 20.3. The molecule has 0 saturated heterocycles. The van der Waals surface area contributed by atoms with Crippen LogP contribution >= 0.6 is 23.2 Å². The van der Waals surface area contributed by atoms with Crippen molar-refractivity contribution in [2.75, 3.05) is 6.61 Å². The molecule has 7 nitrogen and oxygen atoms in total. The zero-order chi connectivity index (χ0) is 26.9. The Morgan fingerprint density at radius 1 is 1.00 bits per heavy atom. The first-order chi connectivity index (χ1) is 18.5. The topological polar surface area (TPSA) is 101 Å². The highest BCUT2D eigenvalue weighted by molar-refractivity contribution is 6.34. The number of nitrogens with one attached hydrogen (secondary N) is 1. The van der Waals surface area contributed by atoms with Gasteiger partial charge in [0, 0.05) is 23.9 Å². The molecule has 0 fully saturated rings. The minimum atomic E-state index is -1.13. The molecule has 0 aliphatic rings. The predicted molar refractivity (Wildman–Crippen MR) is 146 cm³/mol. The molecule has 196 valence electrons. The number of ether oxygens (including phenoxy) is 2. The van der Waals surface area contributed by atoms with Gasteiger partial charge in [-0.25, -0.2) is 4.98 Å². The molecule has 0 spiro atoms. The third-order valence-electron chi connectivity index (χ3n) is 5.74. The number of nitrogens with zero attached hydrogens (tertiary/aromatic N) is 1. The summed E-state index contributed by atoms with van der Waals surface area (Å²) in [5.74, 6) is -0.328. The first kappa shape index (κ1) is 27.4. The van der Waals surface area contributed by atoms with Crippen LogP contribution in [0.2, 0.25) is 5.02 Å². The maximum atomic E-state index is 11.1. The van der Waals surface area contributed by atoms with Crippen LogP contribution in [0.1, 0.15) is 22.3 Å². The van der Waals surface area contributed by atoms with Crippen LogP contribution in [0.4, 0.5) is 0 Å². The molecule has 2 atom stereocenters. The highest BCUT2D eigenvalue weighted by Crippen LogP contribution is 2.34. The van der Waals surface area contributed by atoms with Crippen LogP contribution in [0.15, 0.2) is 91.1 Å². The molecule has 3 N–H and O–H groups in total. The lowest BCUT2D eigenvalue weighted by Gasteiger charge is -2.17. The van der Waals surface area contributed by atoms with Crippen LogP contribution in [0.25, 0.3) is 11.1 Å². The minimum absolute atomic E-state index is 0.184. The molecule has 38 heavy (non-hydrogen) atoms. The molecular weight excluding hydrogens is 527 g/mol. The number of hydrogen-bond donors (Lipinski definition) is 3. The van der Waals surface area contributed by atoms with Crippen molar-refractivity contribution in [2.24, 2.45) is 0 Å². The number of carbonyl (C=O) groups is 1. The summed E-state index contributed by atoms with van der Waals surface area (Å²) in [4.78, 5) is 15.4. The highest BCUT2D eigenvalue weighted by atomic mass is 35.5. The van der Waals surface area contributed by atoms with E-state index >= 15 is 0 Å². The third kappa shape index (κ3) is 7.02. The van der Waals surface area contributed by atoms with Gasteiger partial charge in [-0.3, -0.25) is 10.1 Å². The van der Waals surface area contributed by atoms with Crippen LogP contribution in [-0.2, 0) is 17.9 Å². The fourth-order valence-electron chi connectivity index (χ4n) is 3.76. The lowest BCUT2D eigenvalue weighted by molar-refractivity contribution is -0.140. The first-order valence-corrected chi connectivity index (χ1v) is 12.6. The van der Waals surface area contributed by atoms with Crippen LogP contribution in [0, 0.1) is 0 Å². The molecule has 1 heterocycles. The molecule has 0 amide bonds.